The molecule has 5 nitrogen and oxygen atoms in total. The van der Waals surface area contributed by atoms with Crippen LogP contribution in [0.3, 0.4) is 0 Å². The fourth-order valence-corrected chi connectivity index (χ4v) is 3.44. The van der Waals surface area contributed by atoms with Crippen molar-refractivity contribution in [3.05, 3.63) is 47.0 Å². The van der Waals surface area contributed by atoms with Crippen LogP contribution in [0.5, 0.6) is 0 Å². The van der Waals surface area contributed by atoms with Crippen molar-refractivity contribution in [1.29, 1.82) is 0 Å². The van der Waals surface area contributed by atoms with E-state index in [2.05, 4.69) is 0 Å². The predicted octanol–water partition coefficient (Wildman–Crippen LogP) is 3.89. The summed E-state index contributed by atoms with van der Waals surface area (Å²) < 4.78 is 0. The van der Waals surface area contributed by atoms with Crippen LogP contribution in [0.1, 0.15) is 44.1 Å². The predicted molar refractivity (Wildman–Crippen MR) is 105 cm³/mol. The highest BCUT2D eigenvalue weighted by atomic mass is 35.5. The number of carbonyl (C=O) groups is 3. The van der Waals surface area contributed by atoms with Crippen LogP contribution in [0, 0.1) is 5.92 Å². The van der Waals surface area contributed by atoms with Crippen molar-refractivity contribution in [2.75, 3.05) is 13.1 Å². The lowest BCUT2D eigenvalue weighted by molar-refractivity contribution is -0.137. The number of halogens is 1. The molecule has 1 fully saturated rings. The van der Waals surface area contributed by atoms with E-state index in [9.17, 15) is 14.4 Å². The van der Waals surface area contributed by atoms with Crippen molar-refractivity contribution in [3.63, 3.8) is 0 Å². The Balaban J connectivity index is 1.69. The van der Waals surface area contributed by atoms with E-state index in [1.54, 1.807) is 18.2 Å². The van der Waals surface area contributed by atoms with Gasteiger partial charge in [-0.05, 0) is 36.6 Å². The Kier molecular flexibility index (Phi) is 8.52. The van der Waals surface area contributed by atoms with Crippen molar-refractivity contribution in [1.82, 2.24) is 4.90 Å². The lowest BCUT2D eigenvalue weighted by atomic mass is 10.1. The minimum absolute atomic E-state index is 0.00148. The van der Waals surface area contributed by atoms with Gasteiger partial charge in [0.1, 0.15) is 0 Å². The number of carbonyl (C=O) groups excluding carboxylic acids is 2. The lowest BCUT2D eigenvalue weighted by Gasteiger charge is -2.15. The molecule has 27 heavy (non-hydrogen) atoms. The van der Waals surface area contributed by atoms with Crippen molar-refractivity contribution in [2.24, 2.45) is 5.92 Å². The van der Waals surface area contributed by atoms with E-state index in [0.717, 1.165) is 24.8 Å². The van der Waals surface area contributed by atoms with Crippen molar-refractivity contribution >= 4 is 29.3 Å². The summed E-state index contributed by atoms with van der Waals surface area (Å²) in [5, 5.41) is 9.22. The molecule has 0 unspecified atom stereocenters. The topological polar surface area (TPSA) is 74.7 Å². The number of benzene rings is 1. The quantitative estimate of drug-likeness (QED) is 0.458. The number of amides is 1. The van der Waals surface area contributed by atoms with Crippen LogP contribution in [0.2, 0.25) is 5.02 Å². The van der Waals surface area contributed by atoms with E-state index in [0.29, 0.717) is 37.4 Å². The first-order chi connectivity index (χ1) is 12.9. The smallest absolute Gasteiger partial charge is 0.303 e. The number of nitrogens with zero attached hydrogens (tertiary/aromatic N) is 1. The SMILES string of the molecule is O=C(O)CCCCCCN1C[C@H](C=CC(=O)Cc2cccc(Cl)c2)CC1=O. The van der Waals surface area contributed by atoms with E-state index in [-0.39, 0.29) is 24.0 Å². The van der Waals surface area contributed by atoms with Crippen molar-refractivity contribution < 1.29 is 19.5 Å². The molecule has 1 aromatic carbocycles. The van der Waals surface area contributed by atoms with Gasteiger partial charge in [-0.1, -0.05) is 42.7 Å². The Morgan fingerprint density at radius 2 is 2.00 bits per heavy atom. The molecule has 1 aliphatic rings. The minimum atomic E-state index is -0.760. The molecule has 1 saturated heterocycles. The summed E-state index contributed by atoms with van der Waals surface area (Å²) in [6.45, 7) is 1.35. The van der Waals surface area contributed by atoms with Gasteiger partial charge in [0.05, 0.1) is 0 Å². The number of hydrogen-bond donors (Lipinski definition) is 1. The zero-order valence-electron chi connectivity index (χ0n) is 15.4. The minimum Gasteiger partial charge on any atom is -0.481 e. The Labute approximate surface area is 165 Å². The summed E-state index contributed by atoms with van der Waals surface area (Å²) in [7, 11) is 0. The van der Waals surface area contributed by atoms with Gasteiger partial charge in [0.25, 0.3) is 0 Å². The van der Waals surface area contributed by atoms with Crippen molar-refractivity contribution in [2.45, 2.75) is 44.9 Å². The van der Waals surface area contributed by atoms with Crippen LogP contribution in [0.15, 0.2) is 36.4 Å². The van der Waals surface area contributed by atoms with Crippen molar-refractivity contribution in [3.8, 4) is 0 Å². The highest BCUT2D eigenvalue weighted by Crippen LogP contribution is 2.20. The highest BCUT2D eigenvalue weighted by Gasteiger charge is 2.27. The fourth-order valence-electron chi connectivity index (χ4n) is 3.23. The maximum absolute atomic E-state index is 12.1. The van der Waals surface area contributed by atoms with Gasteiger partial charge in [-0.3, -0.25) is 14.4 Å². The Morgan fingerprint density at radius 1 is 1.22 bits per heavy atom. The van der Waals surface area contributed by atoms with E-state index >= 15 is 0 Å². The number of allylic oxidation sites excluding steroid dienone is 1. The molecule has 1 amide bonds. The lowest BCUT2D eigenvalue weighted by Crippen LogP contribution is -2.26. The summed E-state index contributed by atoms with van der Waals surface area (Å²) in [6, 6.07) is 7.25. The summed E-state index contributed by atoms with van der Waals surface area (Å²) in [6.07, 6.45) is 7.74. The molecule has 1 heterocycles. The number of carboxylic acid groups (broad SMARTS) is 1. The van der Waals surface area contributed by atoms with Gasteiger partial charge in [0, 0.05) is 43.3 Å². The first kappa shape index (κ1) is 21.2. The number of hydrogen-bond acceptors (Lipinski definition) is 3. The molecule has 0 radical (unpaired) electrons. The fraction of sp³-hybridized carbons (Fsp3) is 0.476. The number of ketones is 1. The molecule has 1 atom stereocenters. The Bertz CT molecular complexity index is 701. The maximum atomic E-state index is 12.1. The summed E-state index contributed by atoms with van der Waals surface area (Å²) >= 11 is 5.93. The van der Waals surface area contributed by atoms with Gasteiger partial charge >= 0.3 is 5.97 Å². The molecular weight excluding hydrogens is 366 g/mol. The average molecular weight is 392 g/mol. The largest absolute Gasteiger partial charge is 0.481 e. The standard InChI is InChI=1S/C21H26ClNO4/c22-18-7-5-6-16(12-18)13-19(24)10-9-17-14-20(25)23(15-17)11-4-2-1-3-8-21(26)27/h5-7,9-10,12,17H,1-4,8,11,13-15H2,(H,26,27)/t17-/m1/s1. The second-order valence-corrected chi connectivity index (χ2v) is 7.43. The van der Waals surface area contributed by atoms with Crippen LogP contribution in [0.4, 0.5) is 0 Å². The second-order valence-electron chi connectivity index (χ2n) is 6.99. The summed E-state index contributed by atoms with van der Waals surface area (Å²) in [5.41, 5.74) is 0.879. The molecule has 0 aromatic heterocycles. The van der Waals surface area contributed by atoms with Gasteiger partial charge in [0.15, 0.2) is 5.78 Å². The number of likely N-dealkylation sites (tertiary alicyclic amines) is 1. The van der Waals surface area contributed by atoms with Crippen LogP contribution in [0.25, 0.3) is 0 Å². The van der Waals surface area contributed by atoms with E-state index in [1.807, 2.05) is 23.1 Å². The highest BCUT2D eigenvalue weighted by molar-refractivity contribution is 6.30. The van der Waals surface area contributed by atoms with E-state index in [4.69, 9.17) is 16.7 Å². The van der Waals surface area contributed by atoms with Crippen LogP contribution in [-0.2, 0) is 20.8 Å². The third-order valence-corrected chi connectivity index (χ3v) is 4.87. The van der Waals surface area contributed by atoms with E-state index < -0.39 is 5.97 Å². The molecule has 1 N–H and O–H groups in total. The number of carboxylic acids is 1. The molecule has 6 heteroatoms. The number of rotatable bonds is 11. The number of unbranched alkanes of at least 4 members (excludes halogenated alkanes) is 3. The van der Waals surface area contributed by atoms with Gasteiger partial charge < -0.3 is 10.0 Å². The molecule has 0 saturated carbocycles. The normalized spacial score (nSPS) is 17.0. The summed E-state index contributed by atoms with van der Waals surface area (Å²) in [4.78, 5) is 36.5. The number of aliphatic carboxylic acids is 1. The first-order valence-corrected chi connectivity index (χ1v) is 9.77. The zero-order valence-corrected chi connectivity index (χ0v) is 16.2. The van der Waals surface area contributed by atoms with Gasteiger partial charge in [-0.2, -0.15) is 0 Å². The second kappa shape index (κ2) is 10.9. The molecule has 146 valence electrons. The molecule has 1 aliphatic heterocycles. The molecule has 0 aliphatic carbocycles. The third kappa shape index (κ3) is 7.95. The third-order valence-electron chi connectivity index (χ3n) is 4.63. The van der Waals surface area contributed by atoms with Gasteiger partial charge in [0.2, 0.25) is 5.91 Å². The van der Waals surface area contributed by atoms with Crippen LogP contribution < -0.4 is 0 Å². The Hall–Kier alpha value is -2.14. The van der Waals surface area contributed by atoms with E-state index in [1.165, 1.54) is 0 Å². The molecule has 0 bridgehead atoms. The summed E-state index contributed by atoms with van der Waals surface area (Å²) in [5.74, 6) is -0.559. The van der Waals surface area contributed by atoms with Crippen LogP contribution >= 0.6 is 11.6 Å². The molecular formula is C21H26ClNO4. The van der Waals surface area contributed by atoms with Gasteiger partial charge in [-0.25, -0.2) is 0 Å². The maximum Gasteiger partial charge on any atom is 0.303 e. The molecule has 2 rings (SSSR count). The van der Waals surface area contributed by atoms with Crippen LogP contribution in [-0.4, -0.2) is 40.8 Å². The average Bonchev–Trinajstić information content (AvgIpc) is 2.96. The molecule has 0 spiro atoms. The monoisotopic (exact) mass is 391 g/mol. The Morgan fingerprint density at radius 3 is 2.74 bits per heavy atom. The zero-order chi connectivity index (χ0) is 19.6. The first-order valence-electron chi connectivity index (χ1n) is 9.39. The molecule has 1 aromatic rings. The van der Waals surface area contributed by atoms with Gasteiger partial charge in [-0.15, -0.1) is 0 Å².